The first kappa shape index (κ1) is 15.2. The summed E-state index contributed by atoms with van der Waals surface area (Å²) in [6.07, 6.45) is 9.34. The first-order chi connectivity index (χ1) is 8.67. The summed E-state index contributed by atoms with van der Waals surface area (Å²) in [6.45, 7) is 6.53. The molecule has 0 aliphatic heterocycles. The van der Waals surface area contributed by atoms with E-state index in [0.717, 1.165) is 25.0 Å². The summed E-state index contributed by atoms with van der Waals surface area (Å²) in [5.41, 5.74) is 1.01. The zero-order valence-electron chi connectivity index (χ0n) is 12.1. The van der Waals surface area contributed by atoms with E-state index in [9.17, 15) is 5.11 Å². The minimum absolute atomic E-state index is 0.234. The molecule has 0 saturated heterocycles. The van der Waals surface area contributed by atoms with Gasteiger partial charge in [-0.25, -0.2) is 0 Å². The van der Waals surface area contributed by atoms with E-state index in [-0.39, 0.29) is 6.10 Å². The Morgan fingerprint density at radius 2 is 2.06 bits per heavy atom. The number of hydrogen-bond acceptors (Lipinski definition) is 2. The third-order valence-electron chi connectivity index (χ3n) is 3.54. The Bertz CT molecular complexity index is 322. The lowest BCUT2D eigenvalue weighted by molar-refractivity contribution is 0.159. The van der Waals surface area contributed by atoms with Gasteiger partial charge in [0, 0.05) is 18.7 Å². The Hall–Kier alpha value is -0.830. The maximum Gasteiger partial charge on any atom is 0.0650 e. The maximum atomic E-state index is 9.96. The van der Waals surface area contributed by atoms with Gasteiger partial charge in [0.2, 0.25) is 0 Å². The van der Waals surface area contributed by atoms with Gasteiger partial charge in [-0.2, -0.15) is 5.10 Å². The van der Waals surface area contributed by atoms with Gasteiger partial charge in [0.25, 0.3) is 0 Å². The molecule has 0 aromatic carbocycles. The van der Waals surface area contributed by atoms with Crippen molar-refractivity contribution in [3.63, 3.8) is 0 Å². The average molecular weight is 252 g/mol. The summed E-state index contributed by atoms with van der Waals surface area (Å²) in [5, 5.41) is 14.5. The van der Waals surface area contributed by atoms with Gasteiger partial charge in [-0.05, 0) is 25.8 Å². The lowest BCUT2D eigenvalue weighted by atomic mass is 10.1. The van der Waals surface area contributed by atoms with Crippen molar-refractivity contribution in [1.29, 1.82) is 0 Å². The van der Waals surface area contributed by atoms with E-state index in [1.165, 1.54) is 19.3 Å². The highest BCUT2D eigenvalue weighted by molar-refractivity contribution is 5.01. The largest absolute Gasteiger partial charge is 0.393 e. The van der Waals surface area contributed by atoms with Crippen LogP contribution in [-0.4, -0.2) is 21.0 Å². The smallest absolute Gasteiger partial charge is 0.0650 e. The highest BCUT2D eigenvalue weighted by Crippen LogP contribution is 2.12. The SMILES string of the molecule is CCCCCCC(O)Cc1ccn(C(C)CC)n1. The minimum atomic E-state index is -0.234. The van der Waals surface area contributed by atoms with Crippen LogP contribution in [0, 0.1) is 0 Å². The van der Waals surface area contributed by atoms with Gasteiger partial charge in [-0.3, -0.25) is 4.68 Å². The molecule has 1 aromatic rings. The van der Waals surface area contributed by atoms with Crippen LogP contribution in [-0.2, 0) is 6.42 Å². The number of aliphatic hydroxyl groups excluding tert-OH is 1. The van der Waals surface area contributed by atoms with E-state index < -0.39 is 0 Å². The standard InChI is InChI=1S/C15H28N2O/c1-4-6-7-8-9-15(18)12-14-10-11-17(16-14)13(3)5-2/h10-11,13,15,18H,4-9,12H2,1-3H3. The second-order valence-electron chi connectivity index (χ2n) is 5.25. The van der Waals surface area contributed by atoms with E-state index in [0.29, 0.717) is 12.5 Å². The maximum absolute atomic E-state index is 9.96. The molecule has 0 fully saturated rings. The van der Waals surface area contributed by atoms with Gasteiger partial charge in [-0.1, -0.05) is 39.5 Å². The molecule has 1 rings (SSSR count). The topological polar surface area (TPSA) is 38.0 Å². The number of unbranched alkanes of at least 4 members (excludes halogenated alkanes) is 3. The van der Waals surface area contributed by atoms with Gasteiger partial charge in [-0.15, -0.1) is 0 Å². The lowest BCUT2D eigenvalue weighted by Gasteiger charge is -2.10. The van der Waals surface area contributed by atoms with Crippen LogP contribution in [0.25, 0.3) is 0 Å². The van der Waals surface area contributed by atoms with Crippen LogP contribution in [0.3, 0.4) is 0 Å². The number of aromatic nitrogens is 2. The van der Waals surface area contributed by atoms with E-state index >= 15 is 0 Å². The average Bonchev–Trinajstić information content (AvgIpc) is 2.82. The van der Waals surface area contributed by atoms with Gasteiger partial charge < -0.3 is 5.11 Å². The van der Waals surface area contributed by atoms with E-state index in [4.69, 9.17) is 0 Å². The minimum Gasteiger partial charge on any atom is -0.393 e. The van der Waals surface area contributed by atoms with Gasteiger partial charge in [0.05, 0.1) is 11.8 Å². The molecule has 0 radical (unpaired) electrons. The molecule has 2 atom stereocenters. The first-order valence-corrected chi connectivity index (χ1v) is 7.39. The Morgan fingerprint density at radius 1 is 1.28 bits per heavy atom. The molecule has 0 saturated carbocycles. The molecule has 1 aromatic heterocycles. The third-order valence-corrected chi connectivity index (χ3v) is 3.54. The number of nitrogens with zero attached hydrogens (tertiary/aromatic N) is 2. The van der Waals surface area contributed by atoms with Gasteiger partial charge in [0.15, 0.2) is 0 Å². The molecule has 3 nitrogen and oxygen atoms in total. The summed E-state index contributed by atoms with van der Waals surface area (Å²) >= 11 is 0. The Labute approximate surface area is 111 Å². The fourth-order valence-corrected chi connectivity index (χ4v) is 2.07. The predicted molar refractivity (Wildman–Crippen MR) is 75.7 cm³/mol. The van der Waals surface area contributed by atoms with Crippen LogP contribution >= 0.6 is 0 Å². The Morgan fingerprint density at radius 3 is 2.72 bits per heavy atom. The Kier molecular flexibility index (Phi) is 7.02. The molecule has 0 amide bonds. The molecule has 1 heterocycles. The van der Waals surface area contributed by atoms with Crippen molar-refractivity contribution in [2.75, 3.05) is 0 Å². The summed E-state index contributed by atoms with van der Waals surface area (Å²) < 4.78 is 2.00. The Balaban J connectivity index is 2.30. The molecular weight excluding hydrogens is 224 g/mol. The molecular formula is C15H28N2O. The van der Waals surface area contributed by atoms with E-state index in [2.05, 4.69) is 25.9 Å². The van der Waals surface area contributed by atoms with Crippen LogP contribution in [0.1, 0.15) is 71.0 Å². The van der Waals surface area contributed by atoms with Crippen molar-refractivity contribution in [3.05, 3.63) is 18.0 Å². The van der Waals surface area contributed by atoms with Crippen LogP contribution in [0.5, 0.6) is 0 Å². The number of aliphatic hydroxyl groups is 1. The number of rotatable bonds is 9. The molecule has 1 N–H and O–H groups in total. The second-order valence-corrected chi connectivity index (χ2v) is 5.25. The van der Waals surface area contributed by atoms with Crippen LogP contribution in [0.2, 0.25) is 0 Å². The molecule has 0 aliphatic carbocycles. The normalized spacial score (nSPS) is 14.7. The number of hydrogen-bond donors (Lipinski definition) is 1. The van der Waals surface area contributed by atoms with Crippen molar-refractivity contribution in [2.45, 2.75) is 77.9 Å². The van der Waals surface area contributed by atoms with Crippen LogP contribution in [0.4, 0.5) is 0 Å². The van der Waals surface area contributed by atoms with Gasteiger partial charge >= 0.3 is 0 Å². The second kappa shape index (κ2) is 8.30. The van der Waals surface area contributed by atoms with Crippen molar-refractivity contribution < 1.29 is 5.11 Å². The molecule has 3 heteroatoms. The predicted octanol–water partition coefficient (Wildman–Crippen LogP) is 3.73. The van der Waals surface area contributed by atoms with Crippen LogP contribution < -0.4 is 0 Å². The highest BCUT2D eigenvalue weighted by Gasteiger charge is 2.09. The van der Waals surface area contributed by atoms with E-state index in [1.807, 2.05) is 16.9 Å². The van der Waals surface area contributed by atoms with E-state index in [1.54, 1.807) is 0 Å². The van der Waals surface area contributed by atoms with Crippen molar-refractivity contribution >= 4 is 0 Å². The summed E-state index contributed by atoms with van der Waals surface area (Å²) in [4.78, 5) is 0. The fourth-order valence-electron chi connectivity index (χ4n) is 2.07. The zero-order chi connectivity index (χ0) is 13.4. The third kappa shape index (κ3) is 5.21. The fraction of sp³-hybridized carbons (Fsp3) is 0.800. The zero-order valence-corrected chi connectivity index (χ0v) is 12.1. The summed E-state index contributed by atoms with van der Waals surface area (Å²) in [5.74, 6) is 0. The molecule has 0 bridgehead atoms. The van der Waals surface area contributed by atoms with Gasteiger partial charge in [0.1, 0.15) is 0 Å². The molecule has 0 aliphatic rings. The quantitative estimate of drug-likeness (QED) is 0.680. The van der Waals surface area contributed by atoms with Crippen LogP contribution in [0.15, 0.2) is 12.3 Å². The summed E-state index contributed by atoms with van der Waals surface area (Å²) in [7, 11) is 0. The molecule has 18 heavy (non-hydrogen) atoms. The summed E-state index contributed by atoms with van der Waals surface area (Å²) in [6, 6.07) is 2.47. The van der Waals surface area contributed by atoms with Crippen molar-refractivity contribution in [2.24, 2.45) is 0 Å². The first-order valence-electron chi connectivity index (χ1n) is 7.39. The lowest BCUT2D eigenvalue weighted by Crippen LogP contribution is -2.12. The molecule has 0 spiro atoms. The monoisotopic (exact) mass is 252 g/mol. The molecule has 2 unspecified atom stereocenters. The molecule has 104 valence electrons. The van der Waals surface area contributed by atoms with Crippen molar-refractivity contribution in [1.82, 2.24) is 9.78 Å². The van der Waals surface area contributed by atoms with Crippen molar-refractivity contribution in [3.8, 4) is 0 Å². The highest BCUT2D eigenvalue weighted by atomic mass is 16.3.